The van der Waals surface area contributed by atoms with Crippen molar-refractivity contribution in [3.8, 4) is 0 Å². The number of nitrogens with zero attached hydrogens (tertiary/aromatic N) is 1. The van der Waals surface area contributed by atoms with Gasteiger partial charge in [-0.3, -0.25) is 4.79 Å². The molecule has 0 atom stereocenters. The minimum Gasteiger partial charge on any atom is -0.336 e. The molecular formula is C12H13Cl2NO3S. The fraction of sp³-hybridized carbons (Fsp3) is 0.417. The Bertz CT molecular complexity index is 609. The topological polar surface area (TPSA) is 54.5 Å². The SMILES string of the molecule is CCS(=O)(=O)C1CN(C(=O)c2ccc(Cl)cc2Cl)C1. The summed E-state index contributed by atoms with van der Waals surface area (Å²) in [5, 5.41) is 0.281. The molecule has 1 heterocycles. The van der Waals surface area contributed by atoms with Gasteiger partial charge in [0.05, 0.1) is 15.8 Å². The fourth-order valence-corrected chi connectivity index (χ4v) is 3.67. The van der Waals surface area contributed by atoms with Crippen LogP contribution in [0.2, 0.25) is 10.0 Å². The van der Waals surface area contributed by atoms with Gasteiger partial charge in [-0.15, -0.1) is 0 Å². The Hall–Kier alpha value is -0.780. The summed E-state index contributed by atoms with van der Waals surface area (Å²) in [6.07, 6.45) is 0. The largest absolute Gasteiger partial charge is 0.336 e. The Morgan fingerprint density at radius 1 is 1.37 bits per heavy atom. The third-order valence-corrected chi connectivity index (χ3v) is 5.87. The first-order chi connectivity index (χ1) is 8.85. The van der Waals surface area contributed by atoms with Gasteiger partial charge in [0.25, 0.3) is 5.91 Å². The molecule has 2 rings (SSSR count). The Morgan fingerprint density at radius 2 is 2.00 bits per heavy atom. The molecule has 1 aliphatic rings. The van der Waals surface area contributed by atoms with Crippen molar-refractivity contribution in [1.82, 2.24) is 4.90 Å². The van der Waals surface area contributed by atoms with E-state index in [0.29, 0.717) is 10.6 Å². The molecule has 0 aromatic heterocycles. The van der Waals surface area contributed by atoms with E-state index in [2.05, 4.69) is 0 Å². The number of amides is 1. The predicted molar refractivity (Wildman–Crippen MR) is 75.6 cm³/mol. The minimum atomic E-state index is -3.07. The zero-order valence-corrected chi connectivity index (χ0v) is 12.6. The summed E-state index contributed by atoms with van der Waals surface area (Å²) in [6, 6.07) is 4.63. The Balaban J connectivity index is 2.08. The van der Waals surface area contributed by atoms with Gasteiger partial charge >= 0.3 is 0 Å². The molecule has 19 heavy (non-hydrogen) atoms. The number of rotatable bonds is 3. The molecule has 0 bridgehead atoms. The summed E-state index contributed by atoms with van der Waals surface area (Å²) < 4.78 is 23.2. The van der Waals surface area contributed by atoms with Crippen LogP contribution in [0, 0.1) is 0 Å². The van der Waals surface area contributed by atoms with E-state index in [1.54, 1.807) is 19.1 Å². The summed E-state index contributed by atoms with van der Waals surface area (Å²) in [5.41, 5.74) is 0.346. The molecule has 0 N–H and O–H groups in total. The molecule has 1 fully saturated rings. The van der Waals surface area contributed by atoms with Crippen LogP contribution in [0.5, 0.6) is 0 Å². The Kier molecular flexibility index (Phi) is 4.08. The molecule has 1 amide bonds. The Labute approximate surface area is 122 Å². The summed E-state index contributed by atoms with van der Waals surface area (Å²) >= 11 is 11.7. The van der Waals surface area contributed by atoms with Crippen molar-refractivity contribution in [3.05, 3.63) is 33.8 Å². The quantitative estimate of drug-likeness (QED) is 0.858. The molecule has 1 saturated heterocycles. The first-order valence-electron chi connectivity index (χ1n) is 5.81. The number of carbonyl (C=O) groups is 1. The zero-order chi connectivity index (χ0) is 14.2. The van der Waals surface area contributed by atoms with Crippen LogP contribution in [0.25, 0.3) is 0 Å². The van der Waals surface area contributed by atoms with Gasteiger partial charge in [0.15, 0.2) is 9.84 Å². The van der Waals surface area contributed by atoms with Gasteiger partial charge in [-0.05, 0) is 18.2 Å². The van der Waals surface area contributed by atoms with Crippen LogP contribution in [-0.2, 0) is 9.84 Å². The number of hydrogen-bond acceptors (Lipinski definition) is 3. The lowest BCUT2D eigenvalue weighted by Crippen LogP contribution is -2.57. The lowest BCUT2D eigenvalue weighted by atomic mass is 10.1. The van der Waals surface area contributed by atoms with Crippen LogP contribution in [0.3, 0.4) is 0 Å². The van der Waals surface area contributed by atoms with E-state index in [1.165, 1.54) is 11.0 Å². The van der Waals surface area contributed by atoms with Crippen molar-refractivity contribution in [2.45, 2.75) is 12.2 Å². The molecular weight excluding hydrogens is 309 g/mol. The van der Waals surface area contributed by atoms with Gasteiger partial charge in [-0.2, -0.15) is 0 Å². The average molecular weight is 322 g/mol. The van der Waals surface area contributed by atoms with Crippen molar-refractivity contribution in [1.29, 1.82) is 0 Å². The lowest BCUT2D eigenvalue weighted by Gasteiger charge is -2.38. The average Bonchev–Trinajstić information content (AvgIpc) is 2.26. The van der Waals surface area contributed by atoms with Crippen molar-refractivity contribution in [3.63, 3.8) is 0 Å². The van der Waals surface area contributed by atoms with Crippen molar-refractivity contribution < 1.29 is 13.2 Å². The number of sulfone groups is 1. The normalized spacial score (nSPS) is 16.3. The van der Waals surface area contributed by atoms with E-state index in [9.17, 15) is 13.2 Å². The molecule has 0 aliphatic carbocycles. The summed E-state index contributed by atoms with van der Waals surface area (Å²) in [5.74, 6) is -0.161. The van der Waals surface area contributed by atoms with Gasteiger partial charge in [0.2, 0.25) is 0 Å². The highest BCUT2D eigenvalue weighted by atomic mass is 35.5. The highest BCUT2D eigenvalue weighted by Gasteiger charge is 2.39. The van der Waals surface area contributed by atoms with E-state index < -0.39 is 15.1 Å². The molecule has 0 radical (unpaired) electrons. The predicted octanol–water partition coefficient (Wildman–Crippen LogP) is 2.25. The number of benzene rings is 1. The third kappa shape index (κ3) is 2.88. The second-order valence-corrected chi connectivity index (χ2v) is 7.82. The van der Waals surface area contributed by atoms with E-state index >= 15 is 0 Å². The fourth-order valence-electron chi connectivity index (χ4n) is 1.90. The molecule has 104 valence electrons. The van der Waals surface area contributed by atoms with Gasteiger partial charge in [-0.1, -0.05) is 30.1 Å². The Morgan fingerprint density at radius 3 is 2.53 bits per heavy atom. The lowest BCUT2D eigenvalue weighted by molar-refractivity contribution is 0.0659. The van der Waals surface area contributed by atoms with Crippen molar-refractivity contribution in [2.75, 3.05) is 18.8 Å². The summed E-state index contributed by atoms with van der Waals surface area (Å²) in [4.78, 5) is 13.6. The second-order valence-electron chi connectivity index (χ2n) is 4.41. The zero-order valence-electron chi connectivity index (χ0n) is 10.3. The molecule has 4 nitrogen and oxygen atoms in total. The van der Waals surface area contributed by atoms with Crippen LogP contribution in [0.1, 0.15) is 17.3 Å². The van der Waals surface area contributed by atoms with Gasteiger partial charge in [0, 0.05) is 23.9 Å². The standard InChI is InChI=1S/C12H13Cl2NO3S/c1-2-19(17,18)9-6-15(7-9)12(16)10-4-3-8(13)5-11(10)14/h3-5,9H,2,6-7H2,1H3. The molecule has 0 spiro atoms. The van der Waals surface area contributed by atoms with Gasteiger partial charge in [-0.25, -0.2) is 8.42 Å². The van der Waals surface area contributed by atoms with E-state index in [-0.39, 0.29) is 29.8 Å². The molecule has 1 aliphatic heterocycles. The maximum Gasteiger partial charge on any atom is 0.255 e. The van der Waals surface area contributed by atoms with E-state index in [0.717, 1.165) is 0 Å². The first-order valence-corrected chi connectivity index (χ1v) is 8.28. The maximum absolute atomic E-state index is 12.1. The molecule has 0 saturated carbocycles. The molecule has 1 aromatic carbocycles. The molecule has 7 heteroatoms. The van der Waals surface area contributed by atoms with Crippen LogP contribution >= 0.6 is 23.2 Å². The monoisotopic (exact) mass is 321 g/mol. The minimum absolute atomic E-state index is 0.0986. The maximum atomic E-state index is 12.1. The first kappa shape index (κ1) is 14.6. The smallest absolute Gasteiger partial charge is 0.255 e. The molecule has 1 aromatic rings. The summed E-state index contributed by atoms with van der Waals surface area (Å²) in [7, 11) is -3.07. The molecule has 0 unspecified atom stereocenters. The number of halogens is 2. The van der Waals surface area contributed by atoms with E-state index in [1.807, 2.05) is 0 Å². The van der Waals surface area contributed by atoms with Crippen LogP contribution in [0.4, 0.5) is 0 Å². The van der Waals surface area contributed by atoms with E-state index in [4.69, 9.17) is 23.2 Å². The summed E-state index contributed by atoms with van der Waals surface area (Å²) in [6.45, 7) is 2.07. The van der Waals surface area contributed by atoms with Crippen LogP contribution < -0.4 is 0 Å². The van der Waals surface area contributed by atoms with Crippen molar-refractivity contribution >= 4 is 38.9 Å². The van der Waals surface area contributed by atoms with Gasteiger partial charge < -0.3 is 4.90 Å². The van der Waals surface area contributed by atoms with Crippen LogP contribution in [-0.4, -0.2) is 43.3 Å². The number of hydrogen-bond donors (Lipinski definition) is 0. The van der Waals surface area contributed by atoms with Crippen molar-refractivity contribution in [2.24, 2.45) is 0 Å². The third-order valence-electron chi connectivity index (χ3n) is 3.21. The highest BCUT2D eigenvalue weighted by molar-refractivity contribution is 7.92. The second kappa shape index (κ2) is 5.31. The van der Waals surface area contributed by atoms with Crippen LogP contribution in [0.15, 0.2) is 18.2 Å². The highest BCUT2D eigenvalue weighted by Crippen LogP contribution is 2.25. The van der Waals surface area contributed by atoms with Gasteiger partial charge in [0.1, 0.15) is 0 Å². The number of likely N-dealkylation sites (tertiary alicyclic amines) is 1. The number of carbonyl (C=O) groups excluding carboxylic acids is 1.